The standard InChI is InChI=1S/C18H18O2.C10H12O.CH3NO/c1-13-8-10-15(11-9-14(2)19)12-17(13)18(20)16-6-4-3-5-7-16;1-8-3-5-10(6-4-8)7-9(2)11;2-1-3/h3-8,10,12,19H,2,9,11H2,1H3;3-6H,7H2,1-2H3;1H,(H2,2,3). The van der Waals surface area contributed by atoms with Gasteiger partial charge in [-0.3, -0.25) is 14.4 Å². The predicted octanol–water partition coefficient (Wildman–Crippen LogP) is 5.46. The number of amides is 1. The van der Waals surface area contributed by atoms with E-state index in [4.69, 9.17) is 9.90 Å². The van der Waals surface area contributed by atoms with Gasteiger partial charge in [-0.05, 0) is 49.9 Å². The second-order valence-electron chi connectivity index (χ2n) is 7.91. The summed E-state index contributed by atoms with van der Waals surface area (Å²) in [4.78, 5) is 31.8. The van der Waals surface area contributed by atoms with Crippen LogP contribution in [0.3, 0.4) is 0 Å². The van der Waals surface area contributed by atoms with E-state index in [0.29, 0.717) is 24.8 Å². The Morgan fingerprint density at radius 3 is 2.03 bits per heavy atom. The summed E-state index contributed by atoms with van der Waals surface area (Å²) in [5.74, 6) is 0.420. The lowest BCUT2D eigenvalue weighted by Gasteiger charge is -2.08. The summed E-state index contributed by atoms with van der Waals surface area (Å²) in [5.41, 5.74) is 9.91. The molecule has 1 amide bonds. The Labute approximate surface area is 202 Å². The number of benzene rings is 3. The number of hydrogen-bond donors (Lipinski definition) is 2. The van der Waals surface area contributed by atoms with Crippen molar-refractivity contribution in [3.05, 3.63) is 119 Å². The molecule has 0 aliphatic carbocycles. The van der Waals surface area contributed by atoms with Crippen LogP contribution >= 0.6 is 0 Å². The third kappa shape index (κ3) is 10.6. The monoisotopic (exact) mass is 459 g/mol. The zero-order chi connectivity index (χ0) is 25.5. The largest absolute Gasteiger partial charge is 0.513 e. The van der Waals surface area contributed by atoms with Gasteiger partial charge in [-0.25, -0.2) is 0 Å². The van der Waals surface area contributed by atoms with E-state index < -0.39 is 0 Å². The maximum absolute atomic E-state index is 12.5. The normalized spacial score (nSPS) is 9.50. The van der Waals surface area contributed by atoms with E-state index >= 15 is 0 Å². The van der Waals surface area contributed by atoms with Gasteiger partial charge in [0.2, 0.25) is 6.41 Å². The molecule has 3 aromatic rings. The van der Waals surface area contributed by atoms with E-state index in [1.165, 1.54) is 5.56 Å². The van der Waals surface area contributed by atoms with Gasteiger partial charge in [-0.2, -0.15) is 0 Å². The maximum atomic E-state index is 12.5. The first-order valence-electron chi connectivity index (χ1n) is 10.9. The first-order chi connectivity index (χ1) is 16.2. The van der Waals surface area contributed by atoms with Crippen LogP contribution in [0.4, 0.5) is 0 Å². The van der Waals surface area contributed by atoms with Gasteiger partial charge < -0.3 is 10.8 Å². The second-order valence-corrected chi connectivity index (χ2v) is 7.91. The molecule has 3 N–H and O–H groups in total. The summed E-state index contributed by atoms with van der Waals surface area (Å²) in [5, 5.41) is 9.16. The molecule has 3 aromatic carbocycles. The van der Waals surface area contributed by atoms with Crippen molar-refractivity contribution >= 4 is 18.0 Å². The van der Waals surface area contributed by atoms with E-state index in [0.717, 1.165) is 22.3 Å². The minimum atomic E-state index is 0.0350. The lowest BCUT2D eigenvalue weighted by molar-refractivity contribution is -0.116. The number of carbonyl (C=O) groups excluding carboxylic acids is 3. The summed E-state index contributed by atoms with van der Waals surface area (Å²) in [6, 6.07) is 23.2. The number of ketones is 2. The van der Waals surface area contributed by atoms with Crippen LogP contribution in [0, 0.1) is 13.8 Å². The number of aliphatic hydroxyl groups excluding tert-OH is 1. The number of Topliss-reactive ketones (excluding diaryl/α,β-unsaturated/α-hetero) is 1. The predicted molar refractivity (Wildman–Crippen MR) is 137 cm³/mol. The van der Waals surface area contributed by atoms with Crippen LogP contribution in [-0.2, 0) is 22.4 Å². The van der Waals surface area contributed by atoms with Crippen molar-refractivity contribution in [1.82, 2.24) is 0 Å². The molecule has 0 spiro atoms. The smallest absolute Gasteiger partial charge is 0.204 e. The number of aryl methyl sites for hydroxylation is 3. The number of nitrogens with two attached hydrogens (primary N) is 1. The Bertz CT molecular complexity index is 1090. The summed E-state index contributed by atoms with van der Waals surface area (Å²) in [6.07, 6.45) is 2.01. The van der Waals surface area contributed by atoms with Crippen molar-refractivity contribution in [2.45, 2.75) is 40.0 Å². The number of aliphatic hydroxyl groups is 1. The molecular weight excluding hydrogens is 426 g/mol. The Morgan fingerprint density at radius 1 is 0.941 bits per heavy atom. The van der Waals surface area contributed by atoms with E-state index in [9.17, 15) is 9.59 Å². The minimum absolute atomic E-state index is 0.0350. The van der Waals surface area contributed by atoms with Gasteiger partial charge in [0.25, 0.3) is 0 Å². The molecule has 0 bridgehead atoms. The van der Waals surface area contributed by atoms with Crippen molar-refractivity contribution in [1.29, 1.82) is 0 Å². The van der Waals surface area contributed by atoms with Gasteiger partial charge in [-0.15, -0.1) is 0 Å². The summed E-state index contributed by atoms with van der Waals surface area (Å²) >= 11 is 0. The molecule has 34 heavy (non-hydrogen) atoms. The maximum Gasteiger partial charge on any atom is 0.204 e. The van der Waals surface area contributed by atoms with Crippen LogP contribution < -0.4 is 5.73 Å². The molecule has 0 fully saturated rings. The quantitative estimate of drug-likeness (QED) is 0.279. The van der Waals surface area contributed by atoms with Gasteiger partial charge in [0.1, 0.15) is 5.78 Å². The first kappa shape index (κ1) is 28.0. The number of carbonyl (C=O) groups is 3. The van der Waals surface area contributed by atoms with E-state index in [1.807, 2.05) is 86.6 Å². The molecule has 0 aromatic heterocycles. The highest BCUT2D eigenvalue weighted by molar-refractivity contribution is 6.09. The molecule has 3 rings (SSSR count). The van der Waals surface area contributed by atoms with Crippen LogP contribution in [0.15, 0.2) is 85.1 Å². The zero-order valence-electron chi connectivity index (χ0n) is 20.1. The lowest BCUT2D eigenvalue weighted by atomic mass is 9.95. The molecule has 0 radical (unpaired) electrons. The van der Waals surface area contributed by atoms with Crippen molar-refractivity contribution in [2.75, 3.05) is 0 Å². The molecule has 0 atom stereocenters. The van der Waals surface area contributed by atoms with Gasteiger partial charge in [-0.1, -0.05) is 78.9 Å². The van der Waals surface area contributed by atoms with Crippen LogP contribution in [-0.4, -0.2) is 23.1 Å². The first-order valence-corrected chi connectivity index (χ1v) is 10.9. The van der Waals surface area contributed by atoms with Crippen molar-refractivity contribution < 1.29 is 19.5 Å². The third-order valence-electron chi connectivity index (χ3n) is 4.86. The number of rotatable bonds is 7. The topological polar surface area (TPSA) is 97.5 Å². The van der Waals surface area contributed by atoms with Crippen molar-refractivity contribution in [3.8, 4) is 0 Å². The lowest BCUT2D eigenvalue weighted by Crippen LogP contribution is -2.04. The third-order valence-corrected chi connectivity index (χ3v) is 4.86. The molecule has 0 saturated carbocycles. The van der Waals surface area contributed by atoms with Gasteiger partial charge in [0.15, 0.2) is 5.78 Å². The molecule has 0 heterocycles. The average molecular weight is 460 g/mol. The molecule has 0 unspecified atom stereocenters. The van der Waals surface area contributed by atoms with Crippen LogP contribution in [0.1, 0.15) is 51.5 Å². The van der Waals surface area contributed by atoms with Crippen molar-refractivity contribution in [3.63, 3.8) is 0 Å². The summed E-state index contributed by atoms with van der Waals surface area (Å²) in [6.45, 7) is 9.07. The fraction of sp³-hybridized carbons (Fsp3) is 0.207. The molecule has 0 saturated heterocycles. The Balaban J connectivity index is 0.000000347. The molecule has 5 heteroatoms. The Kier molecular flexibility index (Phi) is 12.3. The molecule has 0 aliphatic rings. The number of hydrogen-bond acceptors (Lipinski definition) is 4. The highest BCUT2D eigenvalue weighted by Crippen LogP contribution is 2.18. The van der Waals surface area contributed by atoms with Crippen molar-refractivity contribution in [2.24, 2.45) is 5.73 Å². The fourth-order valence-corrected chi connectivity index (χ4v) is 3.10. The summed E-state index contributed by atoms with van der Waals surface area (Å²) in [7, 11) is 0. The minimum Gasteiger partial charge on any atom is -0.513 e. The zero-order valence-corrected chi connectivity index (χ0v) is 20.1. The second kappa shape index (κ2) is 15.0. The molecule has 5 nitrogen and oxygen atoms in total. The molecule has 178 valence electrons. The van der Waals surface area contributed by atoms with Gasteiger partial charge in [0, 0.05) is 24.0 Å². The SMILES string of the molecule is C=C(O)CCc1ccc(C)c(C(=O)c2ccccc2)c1.CC(=O)Cc1ccc(C)cc1.NC=O. The van der Waals surface area contributed by atoms with E-state index in [-0.39, 0.29) is 23.7 Å². The van der Waals surface area contributed by atoms with Crippen LogP contribution in [0.2, 0.25) is 0 Å². The fourth-order valence-electron chi connectivity index (χ4n) is 3.10. The van der Waals surface area contributed by atoms with E-state index in [1.54, 1.807) is 6.92 Å². The van der Waals surface area contributed by atoms with Crippen LogP contribution in [0.25, 0.3) is 0 Å². The Hall–Kier alpha value is -3.99. The Morgan fingerprint density at radius 2 is 1.50 bits per heavy atom. The molecule has 0 aliphatic heterocycles. The number of primary amides is 1. The van der Waals surface area contributed by atoms with Crippen LogP contribution in [0.5, 0.6) is 0 Å². The average Bonchev–Trinajstić information content (AvgIpc) is 2.81. The van der Waals surface area contributed by atoms with Gasteiger partial charge in [0.05, 0.1) is 5.76 Å². The summed E-state index contributed by atoms with van der Waals surface area (Å²) < 4.78 is 0. The van der Waals surface area contributed by atoms with E-state index in [2.05, 4.69) is 12.3 Å². The number of allylic oxidation sites excluding steroid dienone is 1. The molecular formula is C29H33NO4. The van der Waals surface area contributed by atoms with Gasteiger partial charge >= 0.3 is 0 Å². The highest BCUT2D eigenvalue weighted by atomic mass is 16.3. The highest BCUT2D eigenvalue weighted by Gasteiger charge is 2.12.